The first kappa shape index (κ1) is 28.4. The molecule has 0 saturated heterocycles. The van der Waals surface area contributed by atoms with E-state index in [9.17, 15) is 0 Å². The van der Waals surface area contributed by atoms with Crippen molar-refractivity contribution >= 4 is 54.6 Å². The van der Waals surface area contributed by atoms with Crippen LogP contribution in [0.15, 0.2) is 124 Å². The standard InChI is InChI=1S/C32H24NO2.C16H18N.Ir/c1-18(2)13-21-14-28(33-17-19(21)3)25-10-6-9-23-26-15-30-27(16-29(26)35-32(23)25)24-12-11-20-7-4-5-8-22(20)31(24)34-30;1-16(2,3)11-13-9-10-15(17-12-13)14-7-5-4-6-8-14;/h4-9,11-12,14-18H,13H2,1-3H3;4-7,9-10,12H,11H2,1-3H3;/q2*-1;/i3D3,13D2;11D2;. The Labute approximate surface area is 334 Å². The van der Waals surface area contributed by atoms with E-state index in [1.54, 1.807) is 26.1 Å². The molecule has 4 nitrogen and oxygen atoms in total. The molecular weight excluding hydrogens is 829 g/mol. The second-order valence-corrected chi connectivity index (χ2v) is 14.3. The molecule has 0 amide bonds. The number of hydrogen-bond donors (Lipinski definition) is 0. The minimum absolute atomic E-state index is 0. The van der Waals surface area contributed by atoms with Gasteiger partial charge in [-0.2, -0.15) is 0 Å². The molecule has 0 atom stereocenters. The van der Waals surface area contributed by atoms with Gasteiger partial charge in [0, 0.05) is 63.6 Å². The summed E-state index contributed by atoms with van der Waals surface area (Å²) >= 11 is 0. The van der Waals surface area contributed by atoms with Crippen LogP contribution < -0.4 is 0 Å². The number of nitrogens with zero attached hydrogens (tertiary/aromatic N) is 2. The molecule has 0 N–H and O–H groups in total. The van der Waals surface area contributed by atoms with Crippen LogP contribution in [0, 0.1) is 30.3 Å². The molecule has 267 valence electrons. The smallest absolute Gasteiger partial charge is 0.143 e. The van der Waals surface area contributed by atoms with Crippen molar-refractivity contribution in [1.29, 1.82) is 0 Å². The zero-order valence-electron chi connectivity index (χ0n) is 37.1. The summed E-state index contributed by atoms with van der Waals surface area (Å²) in [4.78, 5) is 8.81. The summed E-state index contributed by atoms with van der Waals surface area (Å²) in [5.74, 6) is -0.447. The van der Waals surface area contributed by atoms with E-state index in [2.05, 4.69) is 46.4 Å². The monoisotopic (exact) mass is 878 g/mol. The fourth-order valence-electron chi connectivity index (χ4n) is 6.56. The van der Waals surface area contributed by atoms with Crippen LogP contribution in [0.4, 0.5) is 0 Å². The third kappa shape index (κ3) is 7.42. The van der Waals surface area contributed by atoms with Crippen molar-refractivity contribution < 1.29 is 38.5 Å². The zero-order chi connectivity index (χ0) is 42.1. The zero-order valence-corrected chi connectivity index (χ0v) is 32.5. The van der Waals surface area contributed by atoms with Gasteiger partial charge in [0.15, 0.2) is 0 Å². The summed E-state index contributed by atoms with van der Waals surface area (Å²) in [6, 6.07) is 39.1. The summed E-state index contributed by atoms with van der Waals surface area (Å²) in [7, 11) is 0. The van der Waals surface area contributed by atoms with E-state index >= 15 is 0 Å². The Morgan fingerprint density at radius 3 is 2.15 bits per heavy atom. The summed E-state index contributed by atoms with van der Waals surface area (Å²) in [6.07, 6.45) is -0.393. The van der Waals surface area contributed by atoms with Gasteiger partial charge < -0.3 is 18.8 Å². The minimum Gasteiger partial charge on any atom is -0.501 e. The molecule has 0 spiro atoms. The number of aromatic nitrogens is 2. The van der Waals surface area contributed by atoms with Gasteiger partial charge in [-0.3, -0.25) is 0 Å². The molecule has 0 saturated carbocycles. The first-order valence-corrected chi connectivity index (χ1v) is 17.4. The van der Waals surface area contributed by atoms with Crippen molar-refractivity contribution in [3.8, 4) is 22.5 Å². The van der Waals surface area contributed by atoms with Gasteiger partial charge in [-0.25, -0.2) is 0 Å². The molecule has 0 fully saturated rings. The fourth-order valence-corrected chi connectivity index (χ4v) is 6.56. The van der Waals surface area contributed by atoms with Gasteiger partial charge in [0.2, 0.25) is 0 Å². The van der Waals surface area contributed by atoms with Crippen LogP contribution in [0.1, 0.15) is 60.9 Å². The number of hydrogen-bond acceptors (Lipinski definition) is 4. The Bertz CT molecular complexity index is 3000. The molecule has 4 heterocycles. The average molecular weight is 878 g/mol. The Morgan fingerprint density at radius 1 is 0.717 bits per heavy atom. The van der Waals surface area contributed by atoms with Crippen molar-refractivity contribution in [3.63, 3.8) is 0 Å². The number of pyridine rings is 2. The summed E-state index contributed by atoms with van der Waals surface area (Å²) in [5, 5.41) is 5.83. The maximum atomic E-state index is 8.68. The van der Waals surface area contributed by atoms with Crippen molar-refractivity contribution in [2.24, 2.45) is 11.3 Å². The normalized spacial score (nSPS) is 14.5. The first-order chi connectivity index (χ1) is 27.9. The van der Waals surface area contributed by atoms with E-state index < -0.39 is 30.9 Å². The molecule has 5 heteroatoms. The molecule has 53 heavy (non-hydrogen) atoms. The Hall–Kier alpha value is -5.09. The second kappa shape index (κ2) is 14.7. The van der Waals surface area contributed by atoms with Crippen LogP contribution in [0.25, 0.3) is 77.2 Å². The SMILES string of the molecule is [2H]C([2H])([2H])c1cnc(-c2[c-]ccc3c2oc2cc4c(cc23)oc2c3ccccc3ccc42)cc1C([2H])([2H])C(C)C.[2H]C([2H])(c1ccc(-c2[c-]cccc2)nc1)C(C)(C)C.[Ir]. The molecular formula is C48H42IrN2O2-2. The largest absolute Gasteiger partial charge is 0.501 e. The summed E-state index contributed by atoms with van der Waals surface area (Å²) < 4.78 is 70.4. The van der Waals surface area contributed by atoms with E-state index in [0.29, 0.717) is 28.0 Å². The molecule has 0 bridgehead atoms. The van der Waals surface area contributed by atoms with Gasteiger partial charge in [-0.15, -0.1) is 54.1 Å². The Morgan fingerprint density at radius 2 is 1.45 bits per heavy atom. The third-order valence-electron chi connectivity index (χ3n) is 8.79. The van der Waals surface area contributed by atoms with Gasteiger partial charge >= 0.3 is 0 Å². The van der Waals surface area contributed by atoms with Crippen molar-refractivity contribution in [2.75, 3.05) is 0 Å². The molecule has 5 aromatic carbocycles. The predicted octanol–water partition coefficient (Wildman–Crippen LogP) is 13.1. The van der Waals surface area contributed by atoms with Gasteiger partial charge in [-0.1, -0.05) is 99.7 Å². The topological polar surface area (TPSA) is 52.1 Å². The van der Waals surface area contributed by atoms with Gasteiger partial charge in [-0.05, 0) is 77.0 Å². The average Bonchev–Trinajstić information content (AvgIpc) is 3.77. The maximum Gasteiger partial charge on any atom is 0.143 e. The molecule has 0 aliphatic heterocycles. The van der Waals surface area contributed by atoms with Crippen LogP contribution in [0.2, 0.25) is 0 Å². The van der Waals surface area contributed by atoms with E-state index in [4.69, 9.17) is 18.4 Å². The maximum absolute atomic E-state index is 8.68. The van der Waals surface area contributed by atoms with Gasteiger partial charge in [0.1, 0.15) is 16.7 Å². The number of rotatable bonds is 5. The van der Waals surface area contributed by atoms with Crippen LogP contribution in [-0.4, -0.2) is 9.97 Å². The van der Waals surface area contributed by atoms with Crippen molar-refractivity contribution in [2.45, 2.75) is 54.2 Å². The second-order valence-electron chi connectivity index (χ2n) is 14.3. The molecule has 0 aliphatic rings. The van der Waals surface area contributed by atoms with Crippen molar-refractivity contribution in [1.82, 2.24) is 9.97 Å². The third-order valence-corrected chi connectivity index (χ3v) is 8.79. The van der Waals surface area contributed by atoms with Crippen LogP contribution in [-0.2, 0) is 32.9 Å². The van der Waals surface area contributed by atoms with Crippen LogP contribution >= 0.6 is 0 Å². The molecule has 9 rings (SSSR count). The van der Waals surface area contributed by atoms with Crippen LogP contribution in [0.5, 0.6) is 0 Å². The van der Waals surface area contributed by atoms with Crippen LogP contribution in [0.3, 0.4) is 0 Å². The van der Waals surface area contributed by atoms with E-state index in [-0.39, 0.29) is 31.2 Å². The van der Waals surface area contributed by atoms with E-state index in [1.807, 2.05) is 87.5 Å². The number of furan rings is 2. The molecule has 0 aliphatic carbocycles. The quantitative estimate of drug-likeness (QED) is 0.162. The number of benzene rings is 5. The summed E-state index contributed by atoms with van der Waals surface area (Å²) in [6.45, 7) is 6.65. The summed E-state index contributed by atoms with van der Waals surface area (Å²) in [5.41, 5.74) is 5.65. The Balaban J connectivity index is 0.000000230. The molecule has 0 unspecified atom stereocenters. The molecule has 9 aromatic rings. The minimum atomic E-state index is -2.50. The van der Waals surface area contributed by atoms with E-state index in [0.717, 1.165) is 54.7 Å². The first-order valence-electron chi connectivity index (χ1n) is 20.9. The predicted molar refractivity (Wildman–Crippen MR) is 216 cm³/mol. The fraction of sp³-hybridized carbons (Fsp3) is 0.208. The van der Waals surface area contributed by atoms with Crippen molar-refractivity contribution in [3.05, 3.63) is 144 Å². The number of aryl methyl sites for hydroxylation is 1. The van der Waals surface area contributed by atoms with Gasteiger partial charge in [0.25, 0.3) is 0 Å². The number of fused-ring (bicyclic) bond motifs is 8. The molecule has 1 radical (unpaired) electrons. The van der Waals surface area contributed by atoms with Gasteiger partial charge in [0.05, 0.1) is 5.58 Å². The Kier molecular flexibility index (Phi) is 7.90. The van der Waals surface area contributed by atoms with E-state index in [1.165, 1.54) is 12.3 Å². The molecule has 4 aromatic heterocycles.